The third kappa shape index (κ3) is 5.92. The molecule has 41 heavy (non-hydrogen) atoms. The summed E-state index contributed by atoms with van der Waals surface area (Å²) in [6.45, 7) is 0.161. The quantitative estimate of drug-likeness (QED) is 0.204. The van der Waals surface area contributed by atoms with Gasteiger partial charge in [0.1, 0.15) is 23.4 Å². The molecule has 1 saturated heterocycles. The molecule has 0 radical (unpaired) electrons. The number of amides is 1. The Morgan fingerprint density at radius 1 is 1.00 bits per heavy atom. The van der Waals surface area contributed by atoms with Crippen molar-refractivity contribution in [2.75, 3.05) is 11.9 Å². The number of nitrogens with zero attached hydrogens (tertiary/aromatic N) is 2. The summed E-state index contributed by atoms with van der Waals surface area (Å²) in [6, 6.07) is 17.3. The number of pyridine rings is 1. The van der Waals surface area contributed by atoms with E-state index in [9.17, 15) is 29.0 Å². The number of aromatic nitrogens is 1. The van der Waals surface area contributed by atoms with Crippen molar-refractivity contribution < 1.29 is 33.4 Å². The number of rotatable bonds is 9. The van der Waals surface area contributed by atoms with Gasteiger partial charge in [0.05, 0.1) is 28.6 Å². The van der Waals surface area contributed by atoms with E-state index in [1.165, 1.54) is 30.3 Å². The summed E-state index contributed by atoms with van der Waals surface area (Å²) < 4.78 is 20.2. The molecule has 1 amide bonds. The van der Waals surface area contributed by atoms with Crippen LogP contribution in [-0.2, 0) is 4.79 Å². The highest BCUT2D eigenvalue weighted by Gasteiger charge is 2.41. The average Bonchev–Trinajstić information content (AvgIpc) is 3.58. The number of carbonyl (C=O) groups is 3. The standard InChI is InChI=1S/C29H23FN4O6S/c30-19-5-1-2-6-20(19)32-24(35)10-12-34-26(25(33-29(34)41)21-7-3-4-11-31-21)23-9-8-22(40-23)16-13-17(27(36)37)15-18(14-16)28(38)39/h1-9,11,13-15,25-26H,10,12H2,(H,32,35)(H,33,41)(H,36,37)(H,38,39)/t25-,26+/m1/s1. The van der Waals surface area contributed by atoms with Crippen molar-refractivity contribution in [3.8, 4) is 11.3 Å². The number of halogens is 1. The number of aromatic carboxylic acids is 2. The van der Waals surface area contributed by atoms with Gasteiger partial charge in [0.2, 0.25) is 5.91 Å². The molecule has 208 valence electrons. The lowest BCUT2D eigenvalue weighted by atomic mass is 10.0. The highest BCUT2D eigenvalue weighted by atomic mass is 32.1. The number of benzene rings is 2. The maximum Gasteiger partial charge on any atom is 0.335 e. The summed E-state index contributed by atoms with van der Waals surface area (Å²) in [7, 11) is 0. The molecule has 5 rings (SSSR count). The maximum atomic E-state index is 14.0. The first-order valence-electron chi connectivity index (χ1n) is 12.5. The molecule has 3 heterocycles. The summed E-state index contributed by atoms with van der Waals surface area (Å²) >= 11 is 5.61. The van der Waals surface area contributed by atoms with Crippen LogP contribution in [0.5, 0.6) is 0 Å². The van der Waals surface area contributed by atoms with E-state index >= 15 is 0 Å². The van der Waals surface area contributed by atoms with Gasteiger partial charge in [-0.15, -0.1) is 0 Å². The van der Waals surface area contributed by atoms with Crippen LogP contribution in [0.3, 0.4) is 0 Å². The Bertz CT molecular complexity index is 1610. The molecule has 0 unspecified atom stereocenters. The van der Waals surface area contributed by atoms with Gasteiger partial charge < -0.3 is 30.2 Å². The predicted molar refractivity (Wildman–Crippen MR) is 150 cm³/mol. The van der Waals surface area contributed by atoms with E-state index in [4.69, 9.17) is 16.6 Å². The van der Waals surface area contributed by atoms with Gasteiger partial charge in [-0.3, -0.25) is 9.78 Å². The van der Waals surface area contributed by atoms with Crippen LogP contribution in [0.25, 0.3) is 11.3 Å². The monoisotopic (exact) mass is 574 g/mol. The number of nitrogens with one attached hydrogen (secondary N) is 2. The number of furan rings is 1. The molecule has 1 aliphatic heterocycles. The zero-order valence-corrected chi connectivity index (χ0v) is 22.1. The fraction of sp³-hybridized carbons (Fsp3) is 0.138. The normalized spacial score (nSPS) is 16.3. The molecule has 2 aromatic heterocycles. The number of carbonyl (C=O) groups excluding carboxylic acids is 1. The van der Waals surface area contributed by atoms with Gasteiger partial charge in [-0.2, -0.15) is 0 Å². The van der Waals surface area contributed by atoms with Crippen LogP contribution < -0.4 is 10.6 Å². The first-order valence-corrected chi connectivity index (χ1v) is 12.9. The lowest BCUT2D eigenvalue weighted by Crippen LogP contribution is -2.32. The molecular weight excluding hydrogens is 551 g/mol. The van der Waals surface area contributed by atoms with Gasteiger partial charge in [0.15, 0.2) is 5.11 Å². The third-order valence-electron chi connectivity index (χ3n) is 6.56. The highest BCUT2D eigenvalue weighted by molar-refractivity contribution is 7.80. The van der Waals surface area contributed by atoms with Gasteiger partial charge in [0, 0.05) is 24.7 Å². The number of para-hydroxylation sites is 1. The molecular formula is C29H23FN4O6S. The summed E-state index contributed by atoms with van der Waals surface area (Å²) in [6.07, 6.45) is 1.62. The minimum atomic E-state index is -1.28. The van der Waals surface area contributed by atoms with Gasteiger partial charge in [-0.1, -0.05) is 18.2 Å². The number of carboxylic acids is 2. The van der Waals surface area contributed by atoms with Crippen molar-refractivity contribution in [3.63, 3.8) is 0 Å². The van der Waals surface area contributed by atoms with Gasteiger partial charge in [-0.25, -0.2) is 14.0 Å². The maximum absolute atomic E-state index is 14.0. The molecule has 4 aromatic rings. The van der Waals surface area contributed by atoms with Crippen LogP contribution >= 0.6 is 12.2 Å². The Morgan fingerprint density at radius 2 is 1.71 bits per heavy atom. The first-order chi connectivity index (χ1) is 19.7. The molecule has 2 aromatic carbocycles. The number of carboxylic acid groups (broad SMARTS) is 2. The molecule has 0 aliphatic carbocycles. The molecule has 4 N–H and O–H groups in total. The Balaban J connectivity index is 1.45. The molecule has 0 saturated carbocycles. The predicted octanol–water partition coefficient (Wildman–Crippen LogP) is 4.88. The minimum absolute atomic E-state index is 0.0161. The zero-order valence-electron chi connectivity index (χ0n) is 21.3. The second-order valence-corrected chi connectivity index (χ2v) is 9.60. The lowest BCUT2D eigenvalue weighted by Gasteiger charge is -2.25. The van der Waals surface area contributed by atoms with E-state index in [0.29, 0.717) is 16.6 Å². The summed E-state index contributed by atoms with van der Waals surface area (Å²) in [5, 5.41) is 25.1. The fourth-order valence-corrected chi connectivity index (χ4v) is 4.97. The van der Waals surface area contributed by atoms with E-state index in [0.717, 1.165) is 6.07 Å². The molecule has 0 bridgehead atoms. The minimum Gasteiger partial charge on any atom is -0.478 e. The van der Waals surface area contributed by atoms with Gasteiger partial charge in [-0.05, 0) is 66.8 Å². The van der Waals surface area contributed by atoms with E-state index in [-0.39, 0.29) is 41.1 Å². The largest absolute Gasteiger partial charge is 0.478 e. The molecule has 12 heteroatoms. The summed E-state index contributed by atoms with van der Waals surface area (Å²) in [4.78, 5) is 42.1. The van der Waals surface area contributed by atoms with Gasteiger partial charge >= 0.3 is 11.9 Å². The topological polar surface area (TPSA) is 145 Å². The highest BCUT2D eigenvalue weighted by Crippen LogP contribution is 2.40. The Hall–Kier alpha value is -5.10. The Labute approximate surface area is 238 Å². The molecule has 10 nitrogen and oxygen atoms in total. The van der Waals surface area contributed by atoms with Gasteiger partial charge in [0.25, 0.3) is 0 Å². The lowest BCUT2D eigenvalue weighted by molar-refractivity contribution is -0.116. The van der Waals surface area contributed by atoms with Crippen molar-refractivity contribution in [2.24, 2.45) is 0 Å². The number of hydrogen-bond acceptors (Lipinski definition) is 6. The molecule has 2 atom stereocenters. The van der Waals surface area contributed by atoms with E-state index in [2.05, 4.69) is 15.6 Å². The molecule has 1 fully saturated rings. The Morgan fingerprint density at radius 3 is 2.37 bits per heavy atom. The second kappa shape index (κ2) is 11.6. The van der Waals surface area contributed by atoms with Crippen molar-refractivity contribution >= 4 is 40.9 Å². The van der Waals surface area contributed by atoms with E-state index < -0.39 is 35.7 Å². The van der Waals surface area contributed by atoms with E-state index in [1.807, 2.05) is 12.1 Å². The first kappa shape index (κ1) is 27.5. The van der Waals surface area contributed by atoms with E-state index in [1.54, 1.807) is 35.4 Å². The van der Waals surface area contributed by atoms with Crippen LogP contribution in [0.1, 0.15) is 50.7 Å². The van der Waals surface area contributed by atoms with Crippen molar-refractivity contribution in [3.05, 3.63) is 107 Å². The third-order valence-corrected chi connectivity index (χ3v) is 6.91. The number of thiocarbonyl (C=S) groups is 1. The average molecular weight is 575 g/mol. The Kier molecular flexibility index (Phi) is 7.74. The van der Waals surface area contributed by atoms with Crippen LogP contribution in [-0.4, -0.2) is 49.6 Å². The van der Waals surface area contributed by atoms with Crippen molar-refractivity contribution in [2.45, 2.75) is 18.5 Å². The summed E-state index contributed by atoms with van der Waals surface area (Å²) in [5.74, 6) is -2.84. The van der Waals surface area contributed by atoms with Crippen LogP contribution in [0.2, 0.25) is 0 Å². The SMILES string of the molecule is O=C(CCN1C(=S)N[C@H](c2ccccn2)[C@@H]1c1ccc(-c2cc(C(=O)O)cc(C(=O)O)c2)o1)Nc1ccccc1F. The summed E-state index contributed by atoms with van der Waals surface area (Å²) in [5.41, 5.74) is 0.609. The smallest absolute Gasteiger partial charge is 0.335 e. The second-order valence-electron chi connectivity index (χ2n) is 9.21. The van der Waals surface area contributed by atoms with Crippen LogP contribution in [0, 0.1) is 5.82 Å². The molecule has 0 spiro atoms. The van der Waals surface area contributed by atoms with Crippen molar-refractivity contribution in [1.29, 1.82) is 0 Å². The number of hydrogen-bond donors (Lipinski definition) is 4. The van der Waals surface area contributed by atoms with Crippen LogP contribution in [0.15, 0.2) is 83.4 Å². The van der Waals surface area contributed by atoms with Crippen LogP contribution in [0.4, 0.5) is 10.1 Å². The molecule has 1 aliphatic rings. The number of anilines is 1. The zero-order chi connectivity index (χ0) is 29.1. The van der Waals surface area contributed by atoms with Crippen molar-refractivity contribution in [1.82, 2.24) is 15.2 Å². The fourth-order valence-electron chi connectivity index (χ4n) is 4.64.